The Morgan fingerprint density at radius 2 is 1.26 bits per heavy atom. The summed E-state index contributed by atoms with van der Waals surface area (Å²) in [6.07, 6.45) is 0. The van der Waals surface area contributed by atoms with Gasteiger partial charge in [0.2, 0.25) is 0 Å². The summed E-state index contributed by atoms with van der Waals surface area (Å²) < 4.78 is 22.2. The number of hydrogen-bond donors (Lipinski definition) is 0. The standard InChI is InChI=1S/C31H22FNO/c1-33(28-17-10-16-25-24-15-8-9-18-29(24)34-31(25)28)30-26(22-13-6-3-7-14-22)19-23(20-27(30)32)21-11-4-2-5-12-21/h2-20H,1H3. The summed E-state index contributed by atoms with van der Waals surface area (Å²) in [5, 5.41) is 2.07. The highest BCUT2D eigenvalue weighted by molar-refractivity contribution is 6.09. The van der Waals surface area contributed by atoms with Crippen LogP contribution >= 0.6 is 0 Å². The van der Waals surface area contributed by atoms with E-state index in [-0.39, 0.29) is 5.82 Å². The molecule has 3 heteroatoms. The zero-order valence-electron chi connectivity index (χ0n) is 18.7. The van der Waals surface area contributed by atoms with Gasteiger partial charge in [-0.2, -0.15) is 0 Å². The van der Waals surface area contributed by atoms with E-state index in [0.29, 0.717) is 5.69 Å². The molecule has 0 amide bonds. The summed E-state index contributed by atoms with van der Waals surface area (Å²) in [6, 6.07) is 37.6. The van der Waals surface area contributed by atoms with E-state index in [0.717, 1.165) is 49.9 Å². The van der Waals surface area contributed by atoms with Crippen molar-refractivity contribution in [2.75, 3.05) is 11.9 Å². The second-order valence-electron chi connectivity index (χ2n) is 8.40. The number of anilines is 2. The van der Waals surface area contributed by atoms with Crippen molar-refractivity contribution in [1.29, 1.82) is 0 Å². The molecular weight excluding hydrogens is 421 g/mol. The van der Waals surface area contributed by atoms with E-state index in [1.54, 1.807) is 6.07 Å². The molecule has 0 fully saturated rings. The molecule has 0 radical (unpaired) electrons. The molecule has 0 aliphatic heterocycles. The smallest absolute Gasteiger partial charge is 0.159 e. The molecule has 0 bridgehead atoms. The predicted molar refractivity (Wildman–Crippen MR) is 139 cm³/mol. The van der Waals surface area contributed by atoms with Crippen LogP contribution in [0.5, 0.6) is 0 Å². The van der Waals surface area contributed by atoms with Gasteiger partial charge in [-0.15, -0.1) is 0 Å². The molecule has 2 nitrogen and oxygen atoms in total. The molecule has 0 atom stereocenters. The van der Waals surface area contributed by atoms with Crippen molar-refractivity contribution < 1.29 is 8.81 Å². The lowest BCUT2D eigenvalue weighted by Gasteiger charge is -2.24. The second-order valence-corrected chi connectivity index (χ2v) is 8.40. The fourth-order valence-electron chi connectivity index (χ4n) is 4.69. The number of furan rings is 1. The largest absolute Gasteiger partial charge is 0.454 e. The van der Waals surface area contributed by atoms with Crippen molar-refractivity contribution in [3.8, 4) is 22.3 Å². The highest BCUT2D eigenvalue weighted by Gasteiger charge is 2.21. The molecule has 5 aromatic carbocycles. The first-order valence-electron chi connectivity index (χ1n) is 11.3. The average molecular weight is 444 g/mol. The SMILES string of the molecule is CN(c1c(F)cc(-c2ccccc2)cc1-c1ccccc1)c1cccc2c1oc1ccccc12. The minimum atomic E-state index is -0.282. The number of fused-ring (bicyclic) bond motifs is 3. The Morgan fingerprint density at radius 1 is 0.618 bits per heavy atom. The number of benzene rings is 5. The van der Waals surface area contributed by atoms with Crippen molar-refractivity contribution in [2.45, 2.75) is 0 Å². The number of nitrogens with zero attached hydrogens (tertiary/aromatic N) is 1. The lowest BCUT2D eigenvalue weighted by Crippen LogP contribution is -2.13. The van der Waals surface area contributed by atoms with Gasteiger partial charge in [0.1, 0.15) is 11.4 Å². The minimum Gasteiger partial charge on any atom is -0.454 e. The quantitative estimate of drug-likeness (QED) is 0.271. The van der Waals surface area contributed by atoms with Gasteiger partial charge in [-0.3, -0.25) is 0 Å². The average Bonchev–Trinajstić information content (AvgIpc) is 3.28. The van der Waals surface area contributed by atoms with Crippen molar-refractivity contribution in [3.63, 3.8) is 0 Å². The van der Waals surface area contributed by atoms with Gasteiger partial charge in [-0.25, -0.2) is 4.39 Å². The molecule has 0 N–H and O–H groups in total. The van der Waals surface area contributed by atoms with Gasteiger partial charge in [0.15, 0.2) is 5.58 Å². The fraction of sp³-hybridized carbons (Fsp3) is 0.0323. The van der Waals surface area contributed by atoms with Gasteiger partial charge in [-0.1, -0.05) is 91.0 Å². The lowest BCUT2D eigenvalue weighted by molar-refractivity contribution is 0.628. The molecule has 0 spiro atoms. The second kappa shape index (κ2) is 8.20. The Kier molecular flexibility index (Phi) is 4.88. The van der Waals surface area contributed by atoms with Crippen LogP contribution in [0.3, 0.4) is 0 Å². The van der Waals surface area contributed by atoms with Gasteiger partial charge in [0.25, 0.3) is 0 Å². The van der Waals surface area contributed by atoms with Crippen LogP contribution in [-0.4, -0.2) is 7.05 Å². The Morgan fingerprint density at radius 3 is 2.03 bits per heavy atom. The van der Waals surface area contributed by atoms with Crippen LogP contribution in [0.4, 0.5) is 15.8 Å². The van der Waals surface area contributed by atoms with E-state index in [1.807, 2.05) is 109 Å². The summed E-state index contributed by atoms with van der Waals surface area (Å²) in [5.41, 5.74) is 6.51. The normalized spacial score (nSPS) is 11.2. The molecular formula is C31H22FNO. The first-order valence-corrected chi connectivity index (χ1v) is 11.3. The van der Waals surface area contributed by atoms with Crippen LogP contribution in [-0.2, 0) is 0 Å². The zero-order valence-corrected chi connectivity index (χ0v) is 18.7. The van der Waals surface area contributed by atoms with E-state index in [1.165, 1.54) is 0 Å². The summed E-state index contributed by atoms with van der Waals surface area (Å²) >= 11 is 0. The summed E-state index contributed by atoms with van der Waals surface area (Å²) in [5.74, 6) is -0.282. The topological polar surface area (TPSA) is 16.4 Å². The van der Waals surface area contributed by atoms with Crippen LogP contribution in [0.25, 0.3) is 44.2 Å². The molecule has 6 aromatic rings. The number of halogens is 1. The van der Waals surface area contributed by atoms with Crippen LogP contribution in [0.2, 0.25) is 0 Å². The summed E-state index contributed by atoms with van der Waals surface area (Å²) in [4.78, 5) is 1.90. The lowest BCUT2D eigenvalue weighted by atomic mass is 9.96. The maximum absolute atomic E-state index is 16.0. The van der Waals surface area contributed by atoms with Crippen LogP contribution in [0.1, 0.15) is 0 Å². The molecule has 1 heterocycles. The van der Waals surface area contributed by atoms with E-state index in [2.05, 4.69) is 12.1 Å². The Bertz CT molecular complexity index is 1620. The molecule has 34 heavy (non-hydrogen) atoms. The highest BCUT2D eigenvalue weighted by atomic mass is 19.1. The third-order valence-corrected chi connectivity index (χ3v) is 6.34. The van der Waals surface area contributed by atoms with Gasteiger partial charge in [0, 0.05) is 23.4 Å². The number of para-hydroxylation sites is 2. The molecule has 1 aromatic heterocycles. The first kappa shape index (κ1) is 20.3. The van der Waals surface area contributed by atoms with Crippen molar-refractivity contribution in [3.05, 3.63) is 121 Å². The fourth-order valence-corrected chi connectivity index (χ4v) is 4.69. The van der Waals surface area contributed by atoms with Gasteiger partial charge >= 0.3 is 0 Å². The molecule has 0 saturated carbocycles. The molecule has 0 aliphatic carbocycles. The van der Waals surface area contributed by atoms with Gasteiger partial charge in [-0.05, 0) is 41.0 Å². The molecule has 0 aliphatic rings. The van der Waals surface area contributed by atoms with Crippen LogP contribution in [0.15, 0.2) is 120 Å². The molecule has 0 saturated heterocycles. The third kappa shape index (κ3) is 3.34. The Balaban J connectivity index is 1.59. The Hall–Kier alpha value is -4.37. The van der Waals surface area contributed by atoms with Crippen molar-refractivity contribution in [1.82, 2.24) is 0 Å². The number of hydrogen-bond acceptors (Lipinski definition) is 2. The molecule has 6 rings (SSSR count). The monoisotopic (exact) mass is 443 g/mol. The van der Waals surface area contributed by atoms with Crippen molar-refractivity contribution >= 4 is 33.3 Å². The summed E-state index contributed by atoms with van der Waals surface area (Å²) in [7, 11) is 1.90. The first-order chi connectivity index (χ1) is 16.7. The highest BCUT2D eigenvalue weighted by Crippen LogP contribution is 2.43. The predicted octanol–water partition coefficient (Wildman–Crippen LogP) is 8.83. The number of rotatable bonds is 4. The summed E-state index contributed by atoms with van der Waals surface area (Å²) in [6.45, 7) is 0. The van der Waals surface area contributed by atoms with Crippen LogP contribution < -0.4 is 4.90 Å². The third-order valence-electron chi connectivity index (χ3n) is 6.34. The van der Waals surface area contributed by atoms with Gasteiger partial charge in [0.05, 0.1) is 11.4 Å². The zero-order chi connectivity index (χ0) is 23.1. The van der Waals surface area contributed by atoms with Crippen molar-refractivity contribution in [2.24, 2.45) is 0 Å². The van der Waals surface area contributed by atoms with E-state index in [9.17, 15) is 0 Å². The van der Waals surface area contributed by atoms with E-state index >= 15 is 4.39 Å². The van der Waals surface area contributed by atoms with Crippen LogP contribution in [0, 0.1) is 5.82 Å². The van der Waals surface area contributed by atoms with E-state index in [4.69, 9.17) is 4.42 Å². The minimum absolute atomic E-state index is 0.282. The van der Waals surface area contributed by atoms with Gasteiger partial charge < -0.3 is 9.32 Å². The Labute approximate surface area is 197 Å². The molecule has 164 valence electrons. The van der Waals surface area contributed by atoms with E-state index < -0.39 is 0 Å². The maximum atomic E-state index is 16.0. The molecule has 0 unspecified atom stereocenters. The maximum Gasteiger partial charge on any atom is 0.159 e.